The molecule has 33 heavy (non-hydrogen) atoms. The zero-order valence-corrected chi connectivity index (χ0v) is 20.1. The molecule has 0 aromatic heterocycles. The molecule has 6 N–H and O–H groups in total. The maximum Gasteiger partial charge on any atom is 0.255 e. The van der Waals surface area contributed by atoms with Crippen molar-refractivity contribution < 1.29 is 24.3 Å². The third-order valence-corrected chi connectivity index (χ3v) is 6.07. The number of nitrogens with zero attached hydrogens (tertiary/aromatic N) is 4. The van der Waals surface area contributed by atoms with Gasteiger partial charge in [-0.05, 0) is 53.1 Å². The lowest BCUT2D eigenvalue weighted by atomic mass is 10.1. The van der Waals surface area contributed by atoms with Crippen LogP contribution >= 0.6 is 35.0 Å². The van der Waals surface area contributed by atoms with E-state index in [-0.39, 0.29) is 60.2 Å². The second-order valence-corrected chi connectivity index (χ2v) is 8.62. The molecule has 2 saturated heterocycles. The largest absolute Gasteiger partial charge is 0.507 e. The number of hydrogen-bond donors (Lipinski definition) is 5. The zero-order valence-electron chi connectivity index (χ0n) is 17.2. The topological polar surface area (TPSA) is 203 Å². The van der Waals surface area contributed by atoms with Crippen LogP contribution in [-0.2, 0) is 14.4 Å². The molecule has 2 fully saturated rings. The Morgan fingerprint density at radius 1 is 1.36 bits per heavy atom. The number of aromatic hydroxyl groups is 1. The lowest BCUT2D eigenvalue weighted by Crippen LogP contribution is -2.48. The van der Waals surface area contributed by atoms with Gasteiger partial charge in [0.25, 0.3) is 5.91 Å². The molecule has 0 saturated carbocycles. The van der Waals surface area contributed by atoms with Gasteiger partial charge in [0, 0.05) is 27.6 Å². The summed E-state index contributed by atoms with van der Waals surface area (Å²) in [5.41, 5.74) is 13.9. The van der Waals surface area contributed by atoms with Crippen molar-refractivity contribution >= 4 is 64.3 Å². The predicted molar refractivity (Wildman–Crippen MR) is 127 cm³/mol. The van der Waals surface area contributed by atoms with Gasteiger partial charge in [0.15, 0.2) is 0 Å². The van der Waals surface area contributed by atoms with E-state index in [4.69, 9.17) is 11.3 Å². The van der Waals surface area contributed by atoms with Gasteiger partial charge in [0.2, 0.25) is 17.7 Å². The second kappa shape index (κ2) is 11.4. The van der Waals surface area contributed by atoms with Crippen molar-refractivity contribution in [1.29, 1.82) is 0 Å². The van der Waals surface area contributed by atoms with Crippen LogP contribution in [0.25, 0.3) is 10.4 Å². The van der Waals surface area contributed by atoms with Crippen molar-refractivity contribution in [2.24, 2.45) is 10.8 Å². The van der Waals surface area contributed by atoms with Gasteiger partial charge in [-0.2, -0.15) is 0 Å². The van der Waals surface area contributed by atoms with Gasteiger partial charge >= 0.3 is 0 Å². The minimum atomic E-state index is -0.717. The molecule has 2 aliphatic heterocycles. The van der Waals surface area contributed by atoms with Gasteiger partial charge in [-0.25, -0.2) is 0 Å². The summed E-state index contributed by atoms with van der Waals surface area (Å²) in [4.78, 5) is 52.4. The molecular formula is C18H22ClIN8O5. The number of benzene rings is 1. The van der Waals surface area contributed by atoms with Crippen molar-refractivity contribution in [2.45, 2.75) is 31.0 Å². The van der Waals surface area contributed by atoms with E-state index in [1.54, 1.807) is 0 Å². The summed E-state index contributed by atoms with van der Waals surface area (Å²) < 4.78 is 0.497. The van der Waals surface area contributed by atoms with E-state index in [9.17, 15) is 24.3 Å². The van der Waals surface area contributed by atoms with E-state index < -0.39 is 23.9 Å². The van der Waals surface area contributed by atoms with Gasteiger partial charge in [-0.15, -0.1) is 12.4 Å². The molecule has 178 valence electrons. The number of rotatable bonds is 7. The van der Waals surface area contributed by atoms with E-state index in [2.05, 4.69) is 26.0 Å². The fourth-order valence-corrected chi connectivity index (χ4v) is 4.23. The van der Waals surface area contributed by atoms with Gasteiger partial charge in [-0.1, -0.05) is 5.11 Å². The summed E-state index contributed by atoms with van der Waals surface area (Å²) in [5.74, 6) is -2.21. The number of carbonyl (C=O) groups excluding carboxylic acids is 4. The van der Waals surface area contributed by atoms with Crippen LogP contribution in [0.1, 0.15) is 23.2 Å². The Kier molecular flexibility index (Phi) is 9.10. The third kappa shape index (κ3) is 6.37. The summed E-state index contributed by atoms with van der Waals surface area (Å²) >= 11 is 1.89. The second-order valence-electron chi connectivity index (χ2n) is 7.45. The van der Waals surface area contributed by atoms with Crippen LogP contribution in [0.15, 0.2) is 17.2 Å². The molecule has 13 nitrogen and oxygen atoms in total. The first-order chi connectivity index (χ1) is 15.2. The number of primary amides is 1. The highest BCUT2D eigenvalue weighted by atomic mass is 127. The van der Waals surface area contributed by atoms with E-state index in [1.807, 2.05) is 22.6 Å². The molecule has 0 unspecified atom stereocenters. The average molecular weight is 593 g/mol. The van der Waals surface area contributed by atoms with E-state index in [0.29, 0.717) is 23.1 Å². The first-order valence-corrected chi connectivity index (χ1v) is 10.8. The SMILES string of the molecule is Cl.[N-]=[N+]=Nc1cc(O)c(C(=O)N[C@@H]2CN[C@H](C(=O)N[C@@H]3CCN(CC(N)=O)C3=O)C2)cc1I. The Morgan fingerprint density at radius 2 is 2.09 bits per heavy atom. The van der Waals surface area contributed by atoms with Crippen molar-refractivity contribution in [2.75, 3.05) is 19.6 Å². The standard InChI is InChI=1S/C18H21IN8O5.ClH/c19-10-4-9(14(28)5-12(10)25-26-21)16(30)23-8-3-13(22-6-8)17(31)24-11-1-2-27(18(11)32)7-15(20)29;/h4-5,8,11,13,22,28H,1-3,6-7H2,(H2,20,29)(H,23,30)(H,24,31);1H/t8-,11+,13-;/m0./s1. The Balaban J connectivity index is 0.00000385. The van der Waals surface area contributed by atoms with Gasteiger partial charge in [0.05, 0.1) is 23.8 Å². The predicted octanol–water partition coefficient (Wildman–Crippen LogP) is 0.0231. The fraction of sp³-hybridized carbons (Fsp3) is 0.444. The van der Waals surface area contributed by atoms with Crippen LogP contribution in [0.3, 0.4) is 0 Å². The summed E-state index contributed by atoms with van der Waals surface area (Å²) in [6.45, 7) is 0.478. The van der Waals surface area contributed by atoms with Crippen molar-refractivity contribution in [3.8, 4) is 5.75 Å². The molecule has 0 bridgehead atoms. The number of amides is 4. The highest BCUT2D eigenvalue weighted by molar-refractivity contribution is 14.1. The van der Waals surface area contributed by atoms with Gasteiger partial charge < -0.3 is 31.7 Å². The monoisotopic (exact) mass is 592 g/mol. The number of halogens is 2. The number of nitrogens with one attached hydrogen (secondary N) is 3. The molecule has 3 rings (SSSR count). The number of hydrogen-bond acceptors (Lipinski definition) is 7. The number of likely N-dealkylation sites (tertiary alicyclic amines) is 1. The first-order valence-electron chi connectivity index (χ1n) is 9.69. The quantitative estimate of drug-likeness (QED) is 0.128. The molecule has 2 heterocycles. The normalized spacial score (nSPS) is 21.7. The summed E-state index contributed by atoms with van der Waals surface area (Å²) in [6.07, 6.45) is 0.673. The maximum atomic E-state index is 12.6. The Hall–Kier alpha value is -2.81. The molecule has 2 aliphatic rings. The Labute approximate surface area is 208 Å². The number of azide groups is 1. The Morgan fingerprint density at radius 3 is 2.76 bits per heavy atom. The molecule has 4 amide bonds. The van der Waals surface area contributed by atoms with Crippen molar-refractivity contribution in [1.82, 2.24) is 20.9 Å². The molecule has 1 aromatic carbocycles. The minimum Gasteiger partial charge on any atom is -0.507 e. The molecule has 15 heteroatoms. The molecular weight excluding hydrogens is 571 g/mol. The van der Waals surface area contributed by atoms with Gasteiger partial charge in [0.1, 0.15) is 11.8 Å². The van der Waals surface area contributed by atoms with E-state index >= 15 is 0 Å². The summed E-state index contributed by atoms with van der Waals surface area (Å²) in [6, 6.07) is 0.911. The van der Waals surface area contributed by atoms with Gasteiger partial charge in [-0.3, -0.25) is 19.2 Å². The third-order valence-electron chi connectivity index (χ3n) is 5.21. The molecule has 1 aromatic rings. The summed E-state index contributed by atoms with van der Waals surface area (Å²) in [7, 11) is 0. The Bertz CT molecular complexity index is 1020. The molecule has 0 aliphatic carbocycles. The van der Waals surface area contributed by atoms with Crippen LogP contribution in [0.5, 0.6) is 5.75 Å². The number of carbonyl (C=O) groups is 4. The van der Waals surface area contributed by atoms with Crippen LogP contribution < -0.4 is 21.7 Å². The molecule has 0 radical (unpaired) electrons. The lowest BCUT2D eigenvalue weighted by molar-refractivity contribution is -0.135. The van der Waals surface area contributed by atoms with Crippen molar-refractivity contribution in [3.63, 3.8) is 0 Å². The smallest absolute Gasteiger partial charge is 0.255 e. The summed E-state index contributed by atoms with van der Waals surface area (Å²) in [5, 5.41) is 22.0. The van der Waals surface area contributed by atoms with Crippen LogP contribution in [0, 0.1) is 3.57 Å². The van der Waals surface area contributed by atoms with Crippen molar-refractivity contribution in [3.05, 3.63) is 31.7 Å². The maximum absolute atomic E-state index is 12.6. The molecule has 3 atom stereocenters. The van der Waals surface area contributed by atoms with E-state index in [0.717, 1.165) is 0 Å². The number of nitrogens with two attached hydrogens (primary N) is 1. The highest BCUT2D eigenvalue weighted by Gasteiger charge is 2.37. The zero-order chi connectivity index (χ0) is 23.4. The number of phenols is 1. The molecule has 0 spiro atoms. The van der Waals surface area contributed by atoms with Crippen LogP contribution in [-0.4, -0.2) is 71.4 Å². The van der Waals surface area contributed by atoms with Crippen LogP contribution in [0.4, 0.5) is 5.69 Å². The average Bonchev–Trinajstić information content (AvgIpc) is 3.32. The first kappa shape index (κ1) is 26.4. The fourth-order valence-electron chi connectivity index (χ4n) is 3.66. The number of phenolic OH excluding ortho intramolecular Hbond substituents is 1. The highest BCUT2D eigenvalue weighted by Crippen LogP contribution is 2.30. The van der Waals surface area contributed by atoms with Crippen LogP contribution in [0.2, 0.25) is 0 Å². The minimum absolute atomic E-state index is 0. The lowest BCUT2D eigenvalue weighted by Gasteiger charge is -2.17. The van der Waals surface area contributed by atoms with E-state index in [1.165, 1.54) is 17.0 Å².